The molecule has 3 aromatic rings. The van der Waals surface area contributed by atoms with Crippen molar-refractivity contribution in [2.24, 2.45) is 0 Å². The van der Waals surface area contributed by atoms with Crippen LogP contribution in [-0.4, -0.2) is 22.7 Å². The van der Waals surface area contributed by atoms with Crippen molar-refractivity contribution in [1.29, 1.82) is 0 Å². The lowest BCUT2D eigenvalue weighted by atomic mass is 10.2. The van der Waals surface area contributed by atoms with Crippen molar-refractivity contribution >= 4 is 34.9 Å². The van der Waals surface area contributed by atoms with Gasteiger partial charge in [-0.3, -0.25) is 0 Å². The molecular formula is C18H15NO4S. The maximum Gasteiger partial charge on any atom is 0.342 e. The molecule has 122 valence electrons. The molecule has 0 atom stereocenters. The van der Waals surface area contributed by atoms with E-state index in [1.807, 2.05) is 25.1 Å². The van der Waals surface area contributed by atoms with E-state index in [0.29, 0.717) is 22.9 Å². The van der Waals surface area contributed by atoms with Crippen LogP contribution in [0.4, 0.5) is 0 Å². The molecule has 0 fully saturated rings. The highest BCUT2D eigenvalue weighted by Gasteiger charge is 2.14. The number of para-hydroxylation sites is 2. The van der Waals surface area contributed by atoms with Crippen LogP contribution in [0.15, 0.2) is 63.1 Å². The zero-order valence-corrected chi connectivity index (χ0v) is 13.7. The number of hydrogen-bond acceptors (Lipinski definition) is 5. The van der Waals surface area contributed by atoms with Crippen LogP contribution in [0.5, 0.6) is 5.75 Å². The van der Waals surface area contributed by atoms with E-state index in [-0.39, 0.29) is 4.91 Å². The molecule has 3 rings (SSSR count). The standard InChI is InChI=1S/C18H15NO4S/c1-2-22-13-9-7-12(8-10-13)11-16(17(20)21)24-18-19-14-5-3-4-6-15(14)23-18/h3-11H,2H2,1H3,(H,20,21)/b16-11-. The van der Waals surface area contributed by atoms with E-state index in [2.05, 4.69) is 4.98 Å². The molecule has 5 nitrogen and oxygen atoms in total. The molecule has 0 spiro atoms. The van der Waals surface area contributed by atoms with Crippen LogP contribution in [0.3, 0.4) is 0 Å². The Labute approximate surface area is 143 Å². The largest absolute Gasteiger partial charge is 0.494 e. The lowest BCUT2D eigenvalue weighted by Crippen LogP contribution is -1.97. The minimum Gasteiger partial charge on any atom is -0.494 e. The van der Waals surface area contributed by atoms with Gasteiger partial charge in [-0.1, -0.05) is 24.3 Å². The molecule has 0 unspecified atom stereocenters. The zero-order valence-electron chi connectivity index (χ0n) is 12.9. The fraction of sp³-hybridized carbons (Fsp3) is 0.111. The molecule has 0 bridgehead atoms. The maximum absolute atomic E-state index is 11.5. The van der Waals surface area contributed by atoms with Gasteiger partial charge in [0.25, 0.3) is 5.22 Å². The van der Waals surface area contributed by atoms with Gasteiger partial charge < -0.3 is 14.3 Å². The van der Waals surface area contributed by atoms with Crippen molar-refractivity contribution in [2.75, 3.05) is 6.61 Å². The summed E-state index contributed by atoms with van der Waals surface area (Å²) in [7, 11) is 0. The van der Waals surface area contributed by atoms with Crippen molar-refractivity contribution in [3.8, 4) is 5.75 Å². The lowest BCUT2D eigenvalue weighted by Gasteiger charge is -2.03. The van der Waals surface area contributed by atoms with Crippen molar-refractivity contribution in [1.82, 2.24) is 4.98 Å². The van der Waals surface area contributed by atoms with Crippen molar-refractivity contribution in [3.63, 3.8) is 0 Å². The number of carboxylic acid groups (broad SMARTS) is 1. The summed E-state index contributed by atoms with van der Waals surface area (Å²) < 4.78 is 10.9. The Kier molecular flexibility index (Phi) is 4.86. The van der Waals surface area contributed by atoms with Crippen LogP contribution in [0.1, 0.15) is 12.5 Å². The van der Waals surface area contributed by atoms with Gasteiger partial charge in [-0.25, -0.2) is 9.78 Å². The molecule has 1 heterocycles. The SMILES string of the molecule is CCOc1ccc(/C=C(\Sc2nc3ccccc3o2)C(=O)O)cc1. The lowest BCUT2D eigenvalue weighted by molar-refractivity contribution is -0.131. The number of fused-ring (bicyclic) bond motifs is 1. The second-order valence-electron chi connectivity index (χ2n) is 4.87. The first-order valence-electron chi connectivity index (χ1n) is 7.37. The Bertz CT molecular complexity index is 850. The number of aliphatic carboxylic acids is 1. The summed E-state index contributed by atoms with van der Waals surface area (Å²) in [5.74, 6) is -0.283. The molecule has 0 aliphatic heterocycles. The number of hydrogen-bond donors (Lipinski definition) is 1. The highest BCUT2D eigenvalue weighted by molar-refractivity contribution is 8.03. The van der Waals surface area contributed by atoms with Gasteiger partial charge in [-0.15, -0.1) is 0 Å². The fourth-order valence-electron chi connectivity index (χ4n) is 2.10. The summed E-state index contributed by atoms with van der Waals surface area (Å²) >= 11 is 0.984. The summed E-state index contributed by atoms with van der Waals surface area (Å²) in [6, 6.07) is 14.5. The molecule has 24 heavy (non-hydrogen) atoms. The number of rotatable bonds is 6. The second-order valence-corrected chi connectivity index (χ2v) is 5.86. The summed E-state index contributed by atoms with van der Waals surface area (Å²) in [6.07, 6.45) is 1.58. The highest BCUT2D eigenvalue weighted by Crippen LogP contribution is 2.30. The third-order valence-electron chi connectivity index (χ3n) is 3.17. The fourth-order valence-corrected chi connectivity index (χ4v) is 2.85. The van der Waals surface area contributed by atoms with Crippen LogP contribution in [0.2, 0.25) is 0 Å². The van der Waals surface area contributed by atoms with Crippen LogP contribution in [0.25, 0.3) is 17.2 Å². The number of aromatic nitrogens is 1. The Balaban J connectivity index is 1.84. The van der Waals surface area contributed by atoms with Gasteiger partial charge in [0.1, 0.15) is 16.2 Å². The molecule has 0 saturated heterocycles. The Morgan fingerprint density at radius 1 is 1.25 bits per heavy atom. The normalized spacial score (nSPS) is 11.6. The summed E-state index contributed by atoms with van der Waals surface area (Å²) in [4.78, 5) is 15.9. The van der Waals surface area contributed by atoms with Crippen molar-refractivity contribution < 1.29 is 19.1 Å². The molecule has 0 aliphatic carbocycles. The third kappa shape index (κ3) is 3.78. The molecule has 0 radical (unpaired) electrons. The maximum atomic E-state index is 11.5. The van der Waals surface area contributed by atoms with Gasteiger partial charge in [-0.2, -0.15) is 0 Å². The average Bonchev–Trinajstić information content (AvgIpc) is 2.98. The number of thioether (sulfide) groups is 1. The molecule has 0 aliphatic rings. The van der Waals surface area contributed by atoms with Gasteiger partial charge in [0.05, 0.1) is 6.61 Å². The first kappa shape index (κ1) is 16.1. The van der Waals surface area contributed by atoms with E-state index in [0.717, 1.165) is 23.1 Å². The number of carboxylic acids is 1. The van der Waals surface area contributed by atoms with Gasteiger partial charge >= 0.3 is 5.97 Å². The van der Waals surface area contributed by atoms with Gasteiger partial charge in [0, 0.05) is 0 Å². The third-order valence-corrected chi connectivity index (χ3v) is 4.03. The van der Waals surface area contributed by atoms with E-state index >= 15 is 0 Å². The number of ether oxygens (including phenoxy) is 1. The van der Waals surface area contributed by atoms with Crippen LogP contribution in [-0.2, 0) is 4.79 Å². The number of carbonyl (C=O) groups is 1. The Hall–Kier alpha value is -2.73. The topological polar surface area (TPSA) is 72.6 Å². The first-order chi connectivity index (χ1) is 11.7. The number of oxazole rings is 1. The molecule has 0 saturated carbocycles. The molecule has 1 aromatic heterocycles. The smallest absolute Gasteiger partial charge is 0.342 e. The monoisotopic (exact) mass is 341 g/mol. The highest BCUT2D eigenvalue weighted by atomic mass is 32.2. The zero-order chi connectivity index (χ0) is 16.9. The molecular weight excluding hydrogens is 326 g/mol. The Morgan fingerprint density at radius 2 is 2.00 bits per heavy atom. The number of benzene rings is 2. The quantitative estimate of drug-likeness (QED) is 0.528. The minimum absolute atomic E-state index is 0.130. The van der Waals surface area contributed by atoms with E-state index in [4.69, 9.17) is 9.15 Å². The Morgan fingerprint density at radius 3 is 2.67 bits per heavy atom. The predicted molar refractivity (Wildman–Crippen MR) is 93.1 cm³/mol. The van der Waals surface area contributed by atoms with E-state index in [1.165, 1.54) is 0 Å². The summed E-state index contributed by atoms with van der Waals surface area (Å²) in [5, 5.41) is 9.73. The minimum atomic E-state index is -1.03. The summed E-state index contributed by atoms with van der Waals surface area (Å²) in [6.45, 7) is 2.50. The van der Waals surface area contributed by atoms with Crippen LogP contribution in [0, 0.1) is 0 Å². The van der Waals surface area contributed by atoms with Crippen LogP contribution >= 0.6 is 11.8 Å². The first-order valence-corrected chi connectivity index (χ1v) is 8.18. The summed E-state index contributed by atoms with van der Waals surface area (Å²) in [5.41, 5.74) is 2.09. The predicted octanol–water partition coefficient (Wildman–Crippen LogP) is 4.44. The van der Waals surface area contributed by atoms with Gasteiger partial charge in [-0.05, 0) is 54.6 Å². The average molecular weight is 341 g/mol. The van der Waals surface area contributed by atoms with E-state index < -0.39 is 5.97 Å². The molecule has 0 amide bonds. The molecule has 1 N–H and O–H groups in total. The van der Waals surface area contributed by atoms with Crippen molar-refractivity contribution in [2.45, 2.75) is 12.1 Å². The van der Waals surface area contributed by atoms with Gasteiger partial charge in [0.15, 0.2) is 5.58 Å². The van der Waals surface area contributed by atoms with E-state index in [9.17, 15) is 9.90 Å². The van der Waals surface area contributed by atoms with Crippen LogP contribution < -0.4 is 4.74 Å². The molecule has 2 aromatic carbocycles. The van der Waals surface area contributed by atoms with E-state index in [1.54, 1.807) is 36.4 Å². The van der Waals surface area contributed by atoms with Crippen molar-refractivity contribution in [3.05, 3.63) is 59.0 Å². The number of nitrogens with zero attached hydrogens (tertiary/aromatic N) is 1. The second kappa shape index (κ2) is 7.23. The van der Waals surface area contributed by atoms with Gasteiger partial charge in [0.2, 0.25) is 0 Å². The molecule has 6 heteroatoms.